The number of ether oxygens (including phenoxy) is 1. The normalized spacial score (nSPS) is 15.6. The number of nitrogens with one attached hydrogen (secondary N) is 4. The molecule has 13 heteroatoms. The van der Waals surface area contributed by atoms with Crippen molar-refractivity contribution < 1.29 is 32.3 Å². The molecule has 1 atom stereocenters. The number of hydrogen-bond donors (Lipinski definition) is 5. The van der Waals surface area contributed by atoms with Crippen LogP contribution in [0.4, 0.5) is 29.3 Å². The Balaban J connectivity index is 1.50. The van der Waals surface area contributed by atoms with Crippen molar-refractivity contribution in [2.24, 2.45) is 0 Å². The van der Waals surface area contributed by atoms with Crippen molar-refractivity contribution in [3.05, 3.63) is 53.1 Å². The van der Waals surface area contributed by atoms with Gasteiger partial charge >= 0.3 is 12.2 Å². The third kappa shape index (κ3) is 7.75. The van der Waals surface area contributed by atoms with E-state index < -0.39 is 30.1 Å². The number of urea groups is 1. The maximum Gasteiger partial charge on any atom is 0.416 e. The number of carbonyl (C=O) groups excluding carboxylic acids is 3. The van der Waals surface area contributed by atoms with Gasteiger partial charge in [-0.3, -0.25) is 14.5 Å². The number of alkyl halides is 3. The topological polar surface area (TPSA) is 138 Å². The van der Waals surface area contributed by atoms with Gasteiger partial charge in [-0.15, -0.1) is 0 Å². The molecule has 1 aliphatic heterocycles. The lowest BCUT2D eigenvalue weighted by atomic mass is 10.1. The minimum Gasteiger partial charge on any atom is -0.495 e. The number of rotatable bonds is 9. The van der Waals surface area contributed by atoms with Gasteiger partial charge < -0.3 is 31.7 Å². The summed E-state index contributed by atoms with van der Waals surface area (Å²) in [6, 6.07) is 7.44. The minimum absolute atomic E-state index is 0.120. The largest absolute Gasteiger partial charge is 0.495 e. The Morgan fingerprint density at radius 1 is 1.13 bits per heavy atom. The molecule has 1 fully saturated rings. The van der Waals surface area contributed by atoms with Crippen LogP contribution in [0.1, 0.15) is 34.8 Å². The van der Waals surface area contributed by atoms with Crippen molar-refractivity contribution in [3.63, 3.8) is 0 Å². The van der Waals surface area contributed by atoms with Crippen LogP contribution in [0.25, 0.3) is 0 Å². The van der Waals surface area contributed by atoms with Crippen molar-refractivity contribution in [1.29, 1.82) is 0 Å². The predicted molar refractivity (Wildman–Crippen MR) is 136 cm³/mol. The second kappa shape index (κ2) is 12.5. The fourth-order valence-electron chi connectivity index (χ4n) is 4.09. The number of benzene rings is 2. The molecular weight excluding hydrogens is 505 g/mol. The van der Waals surface area contributed by atoms with Gasteiger partial charge in [0.15, 0.2) is 0 Å². The van der Waals surface area contributed by atoms with Crippen LogP contribution in [-0.2, 0) is 17.5 Å². The summed E-state index contributed by atoms with van der Waals surface area (Å²) >= 11 is 0. The predicted octanol–water partition coefficient (Wildman–Crippen LogP) is 2.56. The van der Waals surface area contributed by atoms with Crippen LogP contribution < -0.4 is 31.7 Å². The summed E-state index contributed by atoms with van der Waals surface area (Å²) in [5, 5.41) is 10.6. The first-order valence-corrected chi connectivity index (χ1v) is 12.0. The molecule has 0 radical (unpaired) electrons. The number of hydrogen-bond acceptors (Lipinski definition) is 6. The molecule has 0 unspecified atom stereocenters. The molecule has 6 N–H and O–H groups in total. The van der Waals surface area contributed by atoms with Gasteiger partial charge in [-0.1, -0.05) is 6.07 Å². The van der Waals surface area contributed by atoms with Crippen molar-refractivity contribution >= 4 is 29.2 Å². The van der Waals surface area contributed by atoms with E-state index in [1.807, 2.05) is 19.1 Å². The Kier molecular flexibility index (Phi) is 9.40. The molecule has 1 saturated heterocycles. The zero-order valence-electron chi connectivity index (χ0n) is 21.1. The average Bonchev–Trinajstić information content (AvgIpc) is 3.28. The minimum atomic E-state index is -4.62. The zero-order valence-corrected chi connectivity index (χ0v) is 21.1. The van der Waals surface area contributed by atoms with E-state index in [9.17, 15) is 27.6 Å². The standard InChI is InChI=1S/C25H31F3N6O4/c1-3-30-24(37)33-20-10-15(4-7-21(20)38-2)13-34-9-8-17(14-34)32-22(35)12-31-23(36)18-11-16(25(26,27)28)5-6-19(18)29/h4-7,10-11,17H,3,8-9,12-14,29H2,1-2H3,(H,31,36)(H,32,35)(H2,30,33,37)/t17-/m1/s1. The fourth-order valence-corrected chi connectivity index (χ4v) is 4.09. The third-order valence-corrected chi connectivity index (χ3v) is 5.93. The second-order valence-electron chi connectivity index (χ2n) is 8.79. The fraction of sp³-hybridized carbons (Fsp3) is 0.400. The number of amides is 4. The summed E-state index contributed by atoms with van der Waals surface area (Å²) in [4.78, 5) is 38.8. The van der Waals surface area contributed by atoms with Crippen LogP contribution in [0.3, 0.4) is 0 Å². The third-order valence-electron chi connectivity index (χ3n) is 5.93. The van der Waals surface area contributed by atoms with Crippen molar-refractivity contribution in [1.82, 2.24) is 20.9 Å². The van der Waals surface area contributed by atoms with Gasteiger partial charge in [-0.2, -0.15) is 13.2 Å². The first-order valence-electron chi connectivity index (χ1n) is 12.0. The highest BCUT2D eigenvalue weighted by molar-refractivity contribution is 6.00. The lowest BCUT2D eigenvalue weighted by molar-refractivity contribution is -0.137. The summed E-state index contributed by atoms with van der Waals surface area (Å²) in [6.45, 7) is 3.74. The Hall–Kier alpha value is -4.00. The van der Waals surface area contributed by atoms with E-state index >= 15 is 0 Å². The number of methoxy groups -OCH3 is 1. The number of halogens is 3. The van der Waals surface area contributed by atoms with Crippen LogP contribution in [0.2, 0.25) is 0 Å². The molecule has 1 heterocycles. The number of likely N-dealkylation sites (tertiary alicyclic amines) is 1. The maximum absolute atomic E-state index is 12.9. The number of nitrogen functional groups attached to an aromatic ring is 1. The molecule has 10 nitrogen and oxygen atoms in total. The first kappa shape index (κ1) is 28.6. The van der Waals surface area contributed by atoms with E-state index in [0.717, 1.165) is 17.7 Å². The average molecular weight is 537 g/mol. The van der Waals surface area contributed by atoms with Crippen LogP contribution in [-0.4, -0.2) is 62.1 Å². The number of anilines is 2. The van der Waals surface area contributed by atoms with E-state index in [0.29, 0.717) is 50.1 Å². The maximum atomic E-state index is 12.9. The monoisotopic (exact) mass is 536 g/mol. The highest BCUT2D eigenvalue weighted by atomic mass is 19.4. The van der Waals surface area contributed by atoms with Gasteiger partial charge in [0.2, 0.25) is 5.91 Å². The lowest BCUT2D eigenvalue weighted by Crippen LogP contribution is -2.43. The molecule has 4 amide bonds. The Bertz CT molecular complexity index is 1170. The van der Waals surface area contributed by atoms with Crippen LogP contribution in [0, 0.1) is 0 Å². The van der Waals surface area contributed by atoms with Crippen LogP contribution in [0.15, 0.2) is 36.4 Å². The molecule has 0 saturated carbocycles. The molecule has 0 spiro atoms. The molecule has 3 rings (SSSR count). The van der Waals surface area contributed by atoms with Gasteiger partial charge in [0.25, 0.3) is 5.91 Å². The van der Waals surface area contributed by atoms with Gasteiger partial charge in [-0.25, -0.2) is 4.79 Å². The van der Waals surface area contributed by atoms with Crippen LogP contribution >= 0.6 is 0 Å². The Morgan fingerprint density at radius 3 is 2.58 bits per heavy atom. The summed E-state index contributed by atoms with van der Waals surface area (Å²) in [6.07, 6.45) is -3.94. The van der Waals surface area contributed by atoms with Gasteiger partial charge in [0.1, 0.15) is 5.75 Å². The Morgan fingerprint density at radius 2 is 1.89 bits per heavy atom. The van der Waals surface area contributed by atoms with Crippen LogP contribution in [0.5, 0.6) is 5.75 Å². The summed E-state index contributed by atoms with van der Waals surface area (Å²) in [5.41, 5.74) is 5.66. The van der Waals surface area contributed by atoms with Gasteiger partial charge in [0.05, 0.1) is 30.5 Å². The SMILES string of the molecule is CCNC(=O)Nc1cc(CN2CC[C@@H](NC(=O)CNC(=O)c3cc(C(F)(F)F)ccc3N)C2)ccc1OC. The molecule has 38 heavy (non-hydrogen) atoms. The molecular formula is C25H31F3N6O4. The van der Waals surface area contributed by atoms with Crippen molar-refractivity contribution in [2.45, 2.75) is 32.1 Å². The van der Waals surface area contributed by atoms with Gasteiger partial charge in [0, 0.05) is 37.9 Å². The molecule has 206 valence electrons. The summed E-state index contributed by atoms with van der Waals surface area (Å²) in [7, 11) is 1.52. The molecule has 0 aromatic heterocycles. The summed E-state index contributed by atoms with van der Waals surface area (Å²) < 4.78 is 44.1. The number of nitrogens with zero attached hydrogens (tertiary/aromatic N) is 1. The number of nitrogens with two attached hydrogens (primary N) is 1. The summed E-state index contributed by atoms with van der Waals surface area (Å²) in [5.74, 6) is -0.803. The van der Waals surface area contributed by atoms with Crippen molar-refractivity contribution in [2.75, 3.05) is 44.3 Å². The molecule has 0 bridgehead atoms. The Labute approximate surface area is 218 Å². The van der Waals surface area contributed by atoms with E-state index in [1.54, 1.807) is 6.07 Å². The van der Waals surface area contributed by atoms with Gasteiger partial charge in [-0.05, 0) is 49.2 Å². The van der Waals surface area contributed by atoms with Crippen molar-refractivity contribution in [3.8, 4) is 5.75 Å². The lowest BCUT2D eigenvalue weighted by Gasteiger charge is -2.18. The highest BCUT2D eigenvalue weighted by Crippen LogP contribution is 2.31. The molecule has 2 aromatic carbocycles. The number of carbonyl (C=O) groups is 3. The quantitative estimate of drug-likeness (QED) is 0.313. The molecule has 2 aromatic rings. The van der Waals surface area contributed by atoms with E-state index in [2.05, 4.69) is 26.2 Å². The molecule has 0 aliphatic carbocycles. The van der Waals surface area contributed by atoms with E-state index in [-0.39, 0.29) is 23.3 Å². The molecule has 1 aliphatic rings. The highest BCUT2D eigenvalue weighted by Gasteiger charge is 2.31. The van der Waals surface area contributed by atoms with E-state index in [1.165, 1.54) is 7.11 Å². The zero-order chi connectivity index (χ0) is 27.9. The second-order valence-corrected chi connectivity index (χ2v) is 8.79. The smallest absolute Gasteiger partial charge is 0.416 e. The first-order chi connectivity index (χ1) is 18.0. The van der Waals surface area contributed by atoms with E-state index in [4.69, 9.17) is 10.5 Å².